The number of carbonyl (C=O) groups is 1. The first-order valence-corrected chi connectivity index (χ1v) is 8.12. The molecule has 0 aliphatic heterocycles. The van der Waals surface area contributed by atoms with Crippen molar-refractivity contribution in [2.45, 2.75) is 19.3 Å². The molecule has 0 unspecified atom stereocenters. The summed E-state index contributed by atoms with van der Waals surface area (Å²) in [6, 6.07) is 21.8. The molecule has 0 amide bonds. The summed E-state index contributed by atoms with van der Waals surface area (Å²) < 4.78 is 0. The van der Waals surface area contributed by atoms with Crippen molar-refractivity contribution < 1.29 is 15.0 Å². The molecule has 0 aromatic heterocycles. The Labute approximate surface area is 147 Å². The Bertz CT molecular complexity index is 831. The van der Waals surface area contributed by atoms with E-state index in [4.69, 9.17) is 0 Å². The zero-order valence-corrected chi connectivity index (χ0v) is 14.2. The minimum atomic E-state index is -0.489. The van der Waals surface area contributed by atoms with Crippen molar-refractivity contribution in [3.05, 3.63) is 95.1 Å². The first kappa shape index (κ1) is 16.8. The summed E-state index contributed by atoms with van der Waals surface area (Å²) in [7, 11) is 0. The molecule has 0 heterocycles. The minimum Gasteiger partial charge on any atom is -0.508 e. The van der Waals surface area contributed by atoms with Gasteiger partial charge in [0, 0.05) is 11.0 Å². The normalized spacial score (nSPS) is 11.3. The van der Waals surface area contributed by atoms with E-state index in [1.807, 2.05) is 48.5 Å². The average Bonchev–Trinajstić information content (AvgIpc) is 2.62. The maximum Gasteiger partial charge on any atom is 0.159 e. The summed E-state index contributed by atoms with van der Waals surface area (Å²) in [5, 5.41) is 19.3. The predicted octanol–water partition coefficient (Wildman–Crippen LogP) is 4.65. The number of Topliss-reactive ketones (excluding diaryl/α,β-unsaturated/α-hetero) is 1. The first-order chi connectivity index (χ1) is 11.9. The molecule has 0 bridgehead atoms. The summed E-state index contributed by atoms with van der Waals surface area (Å²) in [6.07, 6.45) is 0. The second-order valence-corrected chi connectivity index (χ2v) is 6.35. The van der Waals surface area contributed by atoms with Crippen LogP contribution in [0.5, 0.6) is 11.5 Å². The van der Waals surface area contributed by atoms with Gasteiger partial charge in [0.15, 0.2) is 5.78 Å². The van der Waals surface area contributed by atoms with Crippen LogP contribution in [0.2, 0.25) is 0 Å². The number of benzene rings is 3. The summed E-state index contributed by atoms with van der Waals surface area (Å²) in [4.78, 5) is 11.6. The van der Waals surface area contributed by atoms with Crippen LogP contribution >= 0.6 is 0 Å². The monoisotopic (exact) mass is 332 g/mol. The Balaban J connectivity index is 2.19. The largest absolute Gasteiger partial charge is 0.508 e. The molecule has 2 N–H and O–H groups in total. The van der Waals surface area contributed by atoms with Crippen molar-refractivity contribution in [3.63, 3.8) is 0 Å². The second-order valence-electron chi connectivity index (χ2n) is 6.35. The summed E-state index contributed by atoms with van der Waals surface area (Å²) in [5.74, 6) is 0.454. The standard InChI is InChI=1S/C22H20O3/c1-15(23)16-3-5-17(6-4-16)22(2,18-7-11-20(24)12-8-18)19-9-13-21(25)14-10-19/h3-14,24-25H,1-2H3. The third-order valence-electron chi connectivity index (χ3n) is 4.76. The molecule has 0 aliphatic rings. The van der Waals surface area contributed by atoms with Gasteiger partial charge in [0.25, 0.3) is 0 Å². The van der Waals surface area contributed by atoms with E-state index in [9.17, 15) is 15.0 Å². The van der Waals surface area contributed by atoms with Crippen LogP contribution in [0.4, 0.5) is 0 Å². The molecule has 0 aliphatic carbocycles. The lowest BCUT2D eigenvalue weighted by atomic mass is 9.71. The number of rotatable bonds is 4. The van der Waals surface area contributed by atoms with Crippen LogP contribution in [-0.4, -0.2) is 16.0 Å². The van der Waals surface area contributed by atoms with Gasteiger partial charge in [-0.2, -0.15) is 0 Å². The van der Waals surface area contributed by atoms with Crippen LogP contribution in [0.3, 0.4) is 0 Å². The van der Waals surface area contributed by atoms with Crippen molar-refractivity contribution in [3.8, 4) is 11.5 Å². The lowest BCUT2D eigenvalue weighted by molar-refractivity contribution is 0.101. The Morgan fingerprint density at radius 3 is 1.32 bits per heavy atom. The zero-order chi connectivity index (χ0) is 18.0. The van der Waals surface area contributed by atoms with Gasteiger partial charge in [0.1, 0.15) is 11.5 Å². The highest BCUT2D eigenvalue weighted by molar-refractivity contribution is 5.94. The van der Waals surface area contributed by atoms with Crippen LogP contribution in [0, 0.1) is 0 Å². The number of hydrogen-bond acceptors (Lipinski definition) is 3. The first-order valence-electron chi connectivity index (χ1n) is 8.12. The molecule has 126 valence electrons. The highest BCUT2D eigenvalue weighted by Crippen LogP contribution is 2.39. The van der Waals surface area contributed by atoms with Gasteiger partial charge in [0.05, 0.1) is 0 Å². The summed E-state index contributed by atoms with van der Waals surface area (Å²) in [6.45, 7) is 3.64. The van der Waals surface area contributed by atoms with E-state index < -0.39 is 5.41 Å². The third-order valence-corrected chi connectivity index (χ3v) is 4.76. The van der Waals surface area contributed by atoms with E-state index >= 15 is 0 Å². The molecule has 3 nitrogen and oxygen atoms in total. The Morgan fingerprint density at radius 1 is 0.680 bits per heavy atom. The molecular weight excluding hydrogens is 312 g/mol. The fraction of sp³-hybridized carbons (Fsp3) is 0.136. The number of carbonyl (C=O) groups excluding carboxylic acids is 1. The molecule has 0 radical (unpaired) electrons. The fourth-order valence-electron chi connectivity index (χ4n) is 3.13. The highest BCUT2D eigenvalue weighted by Gasteiger charge is 2.31. The van der Waals surface area contributed by atoms with Crippen LogP contribution in [-0.2, 0) is 5.41 Å². The SMILES string of the molecule is CC(=O)c1ccc(C(C)(c2ccc(O)cc2)c2ccc(O)cc2)cc1. The van der Waals surface area contributed by atoms with Crippen molar-refractivity contribution in [2.75, 3.05) is 0 Å². The van der Waals surface area contributed by atoms with Crippen molar-refractivity contribution in [1.29, 1.82) is 0 Å². The van der Waals surface area contributed by atoms with Gasteiger partial charge in [-0.3, -0.25) is 4.79 Å². The van der Waals surface area contributed by atoms with Gasteiger partial charge in [-0.15, -0.1) is 0 Å². The summed E-state index contributed by atoms with van der Waals surface area (Å²) in [5.41, 5.74) is 3.21. The number of ketones is 1. The average molecular weight is 332 g/mol. The fourth-order valence-corrected chi connectivity index (χ4v) is 3.13. The van der Waals surface area contributed by atoms with Gasteiger partial charge in [-0.05, 0) is 54.8 Å². The van der Waals surface area contributed by atoms with Crippen molar-refractivity contribution in [2.24, 2.45) is 0 Å². The molecule has 0 spiro atoms. The molecule has 3 heteroatoms. The number of phenols is 2. The zero-order valence-electron chi connectivity index (χ0n) is 14.2. The van der Waals surface area contributed by atoms with Gasteiger partial charge >= 0.3 is 0 Å². The van der Waals surface area contributed by atoms with E-state index in [1.54, 1.807) is 31.2 Å². The number of hydrogen-bond donors (Lipinski definition) is 2. The number of aromatic hydroxyl groups is 2. The van der Waals surface area contributed by atoms with Crippen molar-refractivity contribution in [1.82, 2.24) is 0 Å². The van der Waals surface area contributed by atoms with E-state index in [2.05, 4.69) is 6.92 Å². The molecular formula is C22H20O3. The molecule has 0 fully saturated rings. The predicted molar refractivity (Wildman–Crippen MR) is 98.2 cm³/mol. The lowest BCUT2D eigenvalue weighted by Gasteiger charge is -2.32. The lowest BCUT2D eigenvalue weighted by Crippen LogP contribution is -2.25. The second kappa shape index (κ2) is 6.44. The highest BCUT2D eigenvalue weighted by atomic mass is 16.3. The smallest absolute Gasteiger partial charge is 0.159 e. The quantitative estimate of drug-likeness (QED) is 0.540. The molecule has 3 aromatic rings. The Morgan fingerprint density at radius 2 is 1.00 bits per heavy atom. The van der Waals surface area contributed by atoms with Gasteiger partial charge < -0.3 is 10.2 Å². The molecule has 3 aromatic carbocycles. The van der Waals surface area contributed by atoms with Crippen LogP contribution in [0.1, 0.15) is 40.9 Å². The summed E-state index contributed by atoms with van der Waals surface area (Å²) >= 11 is 0. The van der Waals surface area contributed by atoms with Crippen molar-refractivity contribution >= 4 is 5.78 Å². The molecule has 0 saturated heterocycles. The molecule has 0 atom stereocenters. The van der Waals surface area contributed by atoms with Crippen LogP contribution in [0.15, 0.2) is 72.8 Å². The topological polar surface area (TPSA) is 57.5 Å². The molecule has 3 rings (SSSR count). The maximum atomic E-state index is 11.6. The van der Waals surface area contributed by atoms with Crippen LogP contribution < -0.4 is 0 Å². The molecule has 25 heavy (non-hydrogen) atoms. The molecule has 0 saturated carbocycles. The Hall–Kier alpha value is -3.07. The van der Waals surface area contributed by atoms with E-state index in [-0.39, 0.29) is 17.3 Å². The van der Waals surface area contributed by atoms with E-state index in [0.717, 1.165) is 16.7 Å². The van der Waals surface area contributed by atoms with E-state index in [1.165, 1.54) is 0 Å². The Kier molecular flexibility index (Phi) is 4.32. The van der Waals surface area contributed by atoms with Gasteiger partial charge in [0.2, 0.25) is 0 Å². The van der Waals surface area contributed by atoms with Gasteiger partial charge in [-0.25, -0.2) is 0 Å². The third kappa shape index (κ3) is 3.13. The maximum absolute atomic E-state index is 11.6. The van der Waals surface area contributed by atoms with Crippen LogP contribution in [0.25, 0.3) is 0 Å². The van der Waals surface area contributed by atoms with E-state index in [0.29, 0.717) is 5.56 Å². The van der Waals surface area contributed by atoms with Gasteiger partial charge in [-0.1, -0.05) is 48.5 Å². The number of phenolic OH excluding ortho intramolecular Hbond substituents is 2. The minimum absolute atomic E-state index is 0.0301.